The molecule has 0 fully saturated rings. The second-order valence-corrected chi connectivity index (χ2v) is 6.51. The predicted octanol–water partition coefficient (Wildman–Crippen LogP) is 4.42. The van der Waals surface area contributed by atoms with Crippen LogP contribution < -0.4 is 10.1 Å². The molecule has 118 valence electrons. The van der Waals surface area contributed by atoms with E-state index in [0.717, 1.165) is 29.4 Å². The van der Waals surface area contributed by atoms with Crippen LogP contribution in [-0.2, 0) is 13.1 Å². The lowest BCUT2D eigenvalue weighted by molar-refractivity contribution is 0.407. The molecular formula is C19H20N2OS. The van der Waals surface area contributed by atoms with Gasteiger partial charge in [-0.2, -0.15) is 0 Å². The van der Waals surface area contributed by atoms with Crippen molar-refractivity contribution in [1.29, 1.82) is 0 Å². The van der Waals surface area contributed by atoms with Crippen LogP contribution in [0.4, 0.5) is 0 Å². The van der Waals surface area contributed by atoms with Gasteiger partial charge in [-0.05, 0) is 18.6 Å². The van der Waals surface area contributed by atoms with Gasteiger partial charge in [-0.25, -0.2) is 4.98 Å². The second kappa shape index (κ2) is 7.40. The SMILES string of the molecule is COc1ccccc1CNCc1ncc(-c2ccc(C)cc2)s1. The van der Waals surface area contributed by atoms with Crippen molar-refractivity contribution in [3.63, 3.8) is 0 Å². The van der Waals surface area contributed by atoms with Crippen molar-refractivity contribution in [3.8, 4) is 16.2 Å². The summed E-state index contributed by atoms with van der Waals surface area (Å²) in [4.78, 5) is 5.72. The number of para-hydroxylation sites is 1. The Bertz CT molecular complexity index is 765. The third-order valence-electron chi connectivity index (χ3n) is 3.67. The van der Waals surface area contributed by atoms with Crippen LogP contribution >= 0.6 is 11.3 Å². The molecule has 4 heteroatoms. The molecule has 1 N–H and O–H groups in total. The number of methoxy groups -OCH3 is 1. The van der Waals surface area contributed by atoms with Crippen molar-refractivity contribution in [2.24, 2.45) is 0 Å². The van der Waals surface area contributed by atoms with Crippen LogP contribution in [0.2, 0.25) is 0 Å². The number of benzene rings is 2. The molecule has 0 aliphatic heterocycles. The Balaban J connectivity index is 1.60. The summed E-state index contributed by atoms with van der Waals surface area (Å²) in [7, 11) is 1.70. The maximum Gasteiger partial charge on any atom is 0.123 e. The summed E-state index contributed by atoms with van der Waals surface area (Å²) in [5.74, 6) is 0.916. The Labute approximate surface area is 141 Å². The van der Waals surface area contributed by atoms with Crippen molar-refractivity contribution >= 4 is 11.3 Å². The molecule has 2 aromatic carbocycles. The van der Waals surface area contributed by atoms with Crippen molar-refractivity contribution in [3.05, 3.63) is 70.9 Å². The molecule has 0 aliphatic rings. The van der Waals surface area contributed by atoms with Crippen molar-refractivity contribution < 1.29 is 4.74 Å². The molecule has 3 nitrogen and oxygen atoms in total. The average molecular weight is 324 g/mol. The van der Waals surface area contributed by atoms with Gasteiger partial charge in [0.2, 0.25) is 0 Å². The average Bonchev–Trinajstić information content (AvgIpc) is 3.05. The molecule has 0 unspecified atom stereocenters. The molecule has 0 amide bonds. The van der Waals surface area contributed by atoms with Crippen molar-refractivity contribution in [2.75, 3.05) is 7.11 Å². The quantitative estimate of drug-likeness (QED) is 0.729. The van der Waals surface area contributed by atoms with Crippen LogP contribution in [0.15, 0.2) is 54.7 Å². The summed E-state index contributed by atoms with van der Waals surface area (Å²) < 4.78 is 5.37. The number of aromatic nitrogens is 1. The lowest BCUT2D eigenvalue weighted by Crippen LogP contribution is -2.13. The zero-order valence-corrected chi connectivity index (χ0v) is 14.2. The Morgan fingerprint density at radius 3 is 2.61 bits per heavy atom. The van der Waals surface area contributed by atoms with Gasteiger partial charge in [-0.3, -0.25) is 0 Å². The Kier molecular flexibility index (Phi) is 5.05. The lowest BCUT2D eigenvalue weighted by Gasteiger charge is -2.08. The Morgan fingerprint density at radius 2 is 1.83 bits per heavy atom. The highest BCUT2D eigenvalue weighted by atomic mass is 32.1. The van der Waals surface area contributed by atoms with E-state index in [4.69, 9.17) is 4.74 Å². The third kappa shape index (κ3) is 3.97. The zero-order chi connectivity index (χ0) is 16.1. The fraction of sp³-hybridized carbons (Fsp3) is 0.211. The molecular weight excluding hydrogens is 304 g/mol. The largest absolute Gasteiger partial charge is 0.496 e. The molecule has 23 heavy (non-hydrogen) atoms. The van der Waals surface area contributed by atoms with Gasteiger partial charge in [-0.15, -0.1) is 11.3 Å². The number of nitrogens with one attached hydrogen (secondary N) is 1. The Morgan fingerprint density at radius 1 is 1.04 bits per heavy atom. The van der Waals surface area contributed by atoms with Gasteiger partial charge in [0.15, 0.2) is 0 Å². The molecule has 0 spiro atoms. The fourth-order valence-corrected chi connectivity index (χ4v) is 3.29. The summed E-state index contributed by atoms with van der Waals surface area (Å²) in [6.45, 7) is 3.63. The first-order valence-electron chi connectivity index (χ1n) is 7.60. The van der Waals surface area contributed by atoms with Gasteiger partial charge in [0.1, 0.15) is 10.8 Å². The number of hydrogen-bond donors (Lipinski definition) is 1. The third-order valence-corrected chi connectivity index (χ3v) is 4.72. The van der Waals surface area contributed by atoms with Crippen molar-refractivity contribution in [1.82, 2.24) is 10.3 Å². The first-order valence-corrected chi connectivity index (χ1v) is 8.42. The molecule has 0 radical (unpaired) electrons. The molecule has 0 saturated carbocycles. The van der Waals surface area contributed by atoms with E-state index in [2.05, 4.69) is 47.6 Å². The molecule has 1 heterocycles. The minimum Gasteiger partial charge on any atom is -0.496 e. The minimum atomic E-state index is 0.759. The van der Waals surface area contributed by atoms with Crippen molar-refractivity contribution in [2.45, 2.75) is 20.0 Å². The topological polar surface area (TPSA) is 34.1 Å². The second-order valence-electron chi connectivity index (χ2n) is 5.40. The monoisotopic (exact) mass is 324 g/mol. The summed E-state index contributed by atoms with van der Waals surface area (Å²) in [6.07, 6.45) is 1.95. The summed E-state index contributed by atoms with van der Waals surface area (Å²) in [6, 6.07) is 16.6. The standard InChI is InChI=1S/C19H20N2OS/c1-14-7-9-15(10-8-14)18-12-21-19(23-18)13-20-11-16-5-3-4-6-17(16)22-2/h3-10,12,20H,11,13H2,1-2H3. The molecule has 0 atom stereocenters. The van der Waals surface area contributed by atoms with E-state index in [-0.39, 0.29) is 0 Å². The van der Waals surface area contributed by atoms with E-state index in [1.807, 2.05) is 24.4 Å². The number of ether oxygens (including phenoxy) is 1. The molecule has 3 aromatic rings. The number of hydrogen-bond acceptors (Lipinski definition) is 4. The first kappa shape index (κ1) is 15.7. The van der Waals surface area contributed by atoms with E-state index in [1.165, 1.54) is 16.0 Å². The van der Waals surface area contributed by atoms with E-state index >= 15 is 0 Å². The molecule has 0 saturated heterocycles. The van der Waals surface area contributed by atoms with E-state index < -0.39 is 0 Å². The van der Waals surface area contributed by atoms with Crippen LogP contribution in [0.25, 0.3) is 10.4 Å². The van der Waals surface area contributed by atoms with Crippen LogP contribution in [0.5, 0.6) is 5.75 Å². The van der Waals surface area contributed by atoms with E-state index in [9.17, 15) is 0 Å². The van der Waals surface area contributed by atoms with Crippen LogP contribution in [0.3, 0.4) is 0 Å². The van der Waals surface area contributed by atoms with E-state index in [0.29, 0.717) is 0 Å². The molecule has 3 rings (SSSR count). The van der Waals surface area contributed by atoms with Gasteiger partial charge in [0.05, 0.1) is 12.0 Å². The first-order chi connectivity index (χ1) is 11.3. The summed E-state index contributed by atoms with van der Waals surface area (Å²) in [5.41, 5.74) is 3.66. The summed E-state index contributed by atoms with van der Waals surface area (Å²) in [5, 5.41) is 4.53. The number of rotatable bonds is 6. The fourth-order valence-electron chi connectivity index (χ4n) is 2.40. The van der Waals surface area contributed by atoms with Crippen LogP contribution in [0, 0.1) is 6.92 Å². The van der Waals surface area contributed by atoms with E-state index in [1.54, 1.807) is 18.4 Å². The van der Waals surface area contributed by atoms with Gasteiger partial charge in [0.25, 0.3) is 0 Å². The van der Waals surface area contributed by atoms with Crippen LogP contribution in [-0.4, -0.2) is 12.1 Å². The Hall–Kier alpha value is -2.17. The van der Waals surface area contributed by atoms with Crippen LogP contribution in [0.1, 0.15) is 16.1 Å². The van der Waals surface area contributed by atoms with Gasteiger partial charge in [-0.1, -0.05) is 48.0 Å². The number of nitrogens with zero attached hydrogens (tertiary/aromatic N) is 1. The normalized spacial score (nSPS) is 10.7. The minimum absolute atomic E-state index is 0.759. The predicted molar refractivity (Wildman–Crippen MR) is 95.8 cm³/mol. The molecule has 0 aliphatic carbocycles. The maximum absolute atomic E-state index is 5.37. The lowest BCUT2D eigenvalue weighted by atomic mass is 10.1. The highest BCUT2D eigenvalue weighted by molar-refractivity contribution is 7.15. The van der Waals surface area contributed by atoms with Gasteiger partial charge in [0, 0.05) is 24.8 Å². The molecule has 1 aromatic heterocycles. The zero-order valence-electron chi connectivity index (χ0n) is 13.4. The number of aryl methyl sites for hydroxylation is 1. The smallest absolute Gasteiger partial charge is 0.123 e. The van der Waals surface area contributed by atoms with Gasteiger partial charge < -0.3 is 10.1 Å². The summed E-state index contributed by atoms with van der Waals surface area (Å²) >= 11 is 1.73. The highest BCUT2D eigenvalue weighted by Gasteiger charge is 2.05. The van der Waals surface area contributed by atoms with Gasteiger partial charge >= 0.3 is 0 Å². The maximum atomic E-state index is 5.37. The number of thiazole rings is 1. The highest BCUT2D eigenvalue weighted by Crippen LogP contribution is 2.26. The molecule has 0 bridgehead atoms.